The van der Waals surface area contributed by atoms with Gasteiger partial charge in [0.05, 0.1) is 11.6 Å². The fourth-order valence-corrected chi connectivity index (χ4v) is 2.09. The summed E-state index contributed by atoms with van der Waals surface area (Å²) in [5.41, 5.74) is 7.23. The molecular formula is C15H10N2. The van der Waals surface area contributed by atoms with Crippen molar-refractivity contribution < 1.29 is 0 Å². The summed E-state index contributed by atoms with van der Waals surface area (Å²) in [4.78, 5) is 0. The maximum atomic E-state index is 8.88. The zero-order valence-corrected chi connectivity index (χ0v) is 9.14. The highest BCUT2D eigenvalue weighted by Crippen LogP contribution is 2.25. The van der Waals surface area contributed by atoms with Gasteiger partial charge in [0, 0.05) is 5.69 Å². The van der Waals surface area contributed by atoms with Gasteiger partial charge < -0.3 is 5.73 Å². The topological polar surface area (TPSA) is 49.8 Å². The normalized spacial score (nSPS) is 10.5. The summed E-state index contributed by atoms with van der Waals surface area (Å²) in [6.45, 7) is 0. The third-order valence-electron chi connectivity index (χ3n) is 2.95. The van der Waals surface area contributed by atoms with Crippen LogP contribution in [-0.2, 0) is 0 Å². The maximum absolute atomic E-state index is 8.88. The number of nitrogens with zero attached hydrogens (tertiary/aromatic N) is 1. The van der Waals surface area contributed by atoms with Crippen LogP contribution in [-0.4, -0.2) is 0 Å². The third-order valence-corrected chi connectivity index (χ3v) is 2.95. The predicted octanol–water partition coefficient (Wildman–Crippen LogP) is 3.45. The second-order valence-corrected chi connectivity index (χ2v) is 4.13. The molecule has 0 fully saturated rings. The summed E-state index contributed by atoms with van der Waals surface area (Å²) in [5.74, 6) is 0. The van der Waals surface area contributed by atoms with E-state index in [0.29, 0.717) is 5.56 Å². The first-order chi connectivity index (χ1) is 8.26. The van der Waals surface area contributed by atoms with Gasteiger partial charge in [0.1, 0.15) is 0 Å². The minimum Gasteiger partial charge on any atom is -0.399 e. The summed E-state index contributed by atoms with van der Waals surface area (Å²) in [7, 11) is 0. The van der Waals surface area contributed by atoms with Crippen molar-refractivity contribution in [3.63, 3.8) is 0 Å². The molecule has 0 amide bonds. The molecule has 0 atom stereocenters. The van der Waals surface area contributed by atoms with Gasteiger partial charge in [-0.05, 0) is 57.9 Å². The Labute approximate surface area is 98.9 Å². The van der Waals surface area contributed by atoms with Gasteiger partial charge in [-0.1, -0.05) is 12.1 Å². The molecule has 0 aliphatic rings. The summed E-state index contributed by atoms with van der Waals surface area (Å²) < 4.78 is 0. The van der Waals surface area contributed by atoms with E-state index in [1.807, 2.05) is 36.4 Å². The zero-order chi connectivity index (χ0) is 11.8. The largest absolute Gasteiger partial charge is 0.399 e. The van der Waals surface area contributed by atoms with Crippen molar-refractivity contribution in [2.75, 3.05) is 5.73 Å². The first-order valence-corrected chi connectivity index (χ1v) is 5.39. The second-order valence-electron chi connectivity index (χ2n) is 4.13. The fourth-order valence-electron chi connectivity index (χ4n) is 2.09. The number of nitrogen functional groups attached to an aromatic ring is 1. The first-order valence-electron chi connectivity index (χ1n) is 5.39. The SMILES string of the molecule is N#Cc1ccc2cc3cc(N)ccc3cc2c1. The van der Waals surface area contributed by atoms with E-state index in [-0.39, 0.29) is 0 Å². The van der Waals surface area contributed by atoms with Crippen molar-refractivity contribution in [1.82, 2.24) is 0 Å². The van der Waals surface area contributed by atoms with Crippen LogP contribution in [0.4, 0.5) is 5.69 Å². The van der Waals surface area contributed by atoms with Crippen molar-refractivity contribution in [2.24, 2.45) is 0 Å². The maximum Gasteiger partial charge on any atom is 0.0991 e. The predicted molar refractivity (Wildman–Crippen MR) is 70.6 cm³/mol. The van der Waals surface area contributed by atoms with Crippen LogP contribution in [0.2, 0.25) is 0 Å². The van der Waals surface area contributed by atoms with Crippen LogP contribution in [0.3, 0.4) is 0 Å². The molecule has 0 heterocycles. The summed E-state index contributed by atoms with van der Waals surface area (Å²) in [6.07, 6.45) is 0. The van der Waals surface area contributed by atoms with Crippen LogP contribution in [0.5, 0.6) is 0 Å². The van der Waals surface area contributed by atoms with Crippen molar-refractivity contribution in [3.8, 4) is 6.07 Å². The molecule has 0 aliphatic heterocycles. The molecule has 2 heteroatoms. The molecule has 0 unspecified atom stereocenters. The van der Waals surface area contributed by atoms with Crippen molar-refractivity contribution in [3.05, 3.63) is 54.1 Å². The van der Waals surface area contributed by atoms with E-state index >= 15 is 0 Å². The minimum atomic E-state index is 0.687. The van der Waals surface area contributed by atoms with Crippen LogP contribution in [0, 0.1) is 11.3 Å². The molecule has 0 aliphatic carbocycles. The molecular weight excluding hydrogens is 208 g/mol. The van der Waals surface area contributed by atoms with Gasteiger partial charge in [0.25, 0.3) is 0 Å². The highest BCUT2D eigenvalue weighted by molar-refractivity contribution is 5.99. The summed E-state index contributed by atoms with van der Waals surface area (Å²) in [5, 5.41) is 13.4. The van der Waals surface area contributed by atoms with Crippen molar-refractivity contribution in [1.29, 1.82) is 5.26 Å². The molecule has 0 spiro atoms. The Morgan fingerprint density at radius 3 is 2.12 bits per heavy atom. The quantitative estimate of drug-likeness (QED) is 0.464. The van der Waals surface area contributed by atoms with Crippen LogP contribution < -0.4 is 5.73 Å². The lowest BCUT2D eigenvalue weighted by Crippen LogP contribution is -1.84. The standard InChI is InChI=1S/C15H10N2/c16-9-10-1-2-11-7-14-8-15(17)4-3-12(14)6-13(11)5-10/h1-8H,17H2. The van der Waals surface area contributed by atoms with Gasteiger partial charge in [-0.25, -0.2) is 0 Å². The Morgan fingerprint density at radius 1 is 0.765 bits per heavy atom. The molecule has 2 N–H and O–H groups in total. The highest BCUT2D eigenvalue weighted by atomic mass is 14.5. The van der Waals surface area contributed by atoms with Crippen LogP contribution in [0.15, 0.2) is 48.5 Å². The van der Waals surface area contributed by atoms with Gasteiger partial charge in [-0.3, -0.25) is 0 Å². The lowest BCUT2D eigenvalue weighted by molar-refractivity contribution is 1.50. The number of nitriles is 1. The molecule has 0 aromatic heterocycles. The summed E-state index contributed by atoms with van der Waals surface area (Å²) in [6, 6.07) is 17.9. The Kier molecular flexibility index (Phi) is 1.99. The smallest absolute Gasteiger partial charge is 0.0991 e. The molecule has 3 aromatic rings. The van der Waals surface area contributed by atoms with Gasteiger partial charge >= 0.3 is 0 Å². The minimum absolute atomic E-state index is 0.687. The van der Waals surface area contributed by atoms with Gasteiger partial charge in [0.15, 0.2) is 0 Å². The van der Waals surface area contributed by atoms with E-state index in [1.54, 1.807) is 0 Å². The molecule has 2 nitrogen and oxygen atoms in total. The molecule has 0 bridgehead atoms. The number of rotatable bonds is 0. The van der Waals surface area contributed by atoms with Crippen LogP contribution in [0.25, 0.3) is 21.5 Å². The number of nitrogens with two attached hydrogens (primary N) is 1. The van der Waals surface area contributed by atoms with Crippen molar-refractivity contribution >= 4 is 27.2 Å². The Bertz CT molecular complexity index is 767. The van der Waals surface area contributed by atoms with E-state index < -0.39 is 0 Å². The molecule has 80 valence electrons. The lowest BCUT2D eigenvalue weighted by Gasteiger charge is -2.03. The molecule has 3 aromatic carbocycles. The molecule has 17 heavy (non-hydrogen) atoms. The summed E-state index contributed by atoms with van der Waals surface area (Å²) >= 11 is 0. The number of hydrogen-bond acceptors (Lipinski definition) is 2. The monoisotopic (exact) mass is 218 g/mol. The van der Waals surface area contributed by atoms with E-state index in [9.17, 15) is 0 Å². The fraction of sp³-hybridized carbons (Fsp3) is 0. The highest BCUT2D eigenvalue weighted by Gasteiger charge is 2.00. The number of benzene rings is 3. The Balaban J connectivity index is 2.40. The molecule has 3 rings (SSSR count). The third kappa shape index (κ3) is 1.58. The van der Waals surface area contributed by atoms with E-state index in [2.05, 4.69) is 18.2 Å². The number of anilines is 1. The Morgan fingerprint density at radius 2 is 1.41 bits per heavy atom. The number of fused-ring (bicyclic) bond motifs is 2. The Hall–Kier alpha value is -2.53. The average Bonchev–Trinajstić information content (AvgIpc) is 2.35. The van der Waals surface area contributed by atoms with E-state index in [4.69, 9.17) is 11.0 Å². The van der Waals surface area contributed by atoms with E-state index in [1.165, 1.54) is 0 Å². The molecule has 0 saturated carbocycles. The van der Waals surface area contributed by atoms with Crippen molar-refractivity contribution in [2.45, 2.75) is 0 Å². The van der Waals surface area contributed by atoms with Gasteiger partial charge in [-0.15, -0.1) is 0 Å². The zero-order valence-electron chi connectivity index (χ0n) is 9.14. The van der Waals surface area contributed by atoms with Crippen LogP contribution >= 0.6 is 0 Å². The van der Waals surface area contributed by atoms with Crippen LogP contribution in [0.1, 0.15) is 5.56 Å². The lowest BCUT2D eigenvalue weighted by atomic mass is 10.0. The first kappa shape index (κ1) is 9.68. The van der Waals surface area contributed by atoms with E-state index in [0.717, 1.165) is 27.2 Å². The number of hydrogen-bond donors (Lipinski definition) is 1. The second kappa shape index (κ2) is 3.50. The average molecular weight is 218 g/mol. The van der Waals surface area contributed by atoms with Gasteiger partial charge in [0.2, 0.25) is 0 Å². The van der Waals surface area contributed by atoms with Gasteiger partial charge in [-0.2, -0.15) is 5.26 Å². The molecule has 0 saturated heterocycles. The molecule has 0 radical (unpaired) electrons.